The molecule has 2 aliphatic rings. The molecule has 110 valence electrons. The Morgan fingerprint density at radius 3 is 2.80 bits per heavy atom. The number of nitrogens with zero attached hydrogens (tertiary/aromatic N) is 1. The Hall–Kier alpha value is -1.06. The number of likely N-dealkylation sites (tertiary alicyclic amines) is 1. The van der Waals surface area contributed by atoms with Gasteiger partial charge >= 0.3 is 0 Å². The second-order valence-corrected chi connectivity index (χ2v) is 5.95. The molecule has 1 saturated heterocycles. The molecule has 1 aromatic rings. The smallest absolute Gasteiger partial charge is 0.119 e. The lowest BCUT2D eigenvalue weighted by molar-refractivity contribution is 0.173. The van der Waals surface area contributed by atoms with Crippen LogP contribution >= 0.6 is 0 Å². The third-order valence-electron chi connectivity index (χ3n) is 4.81. The topological polar surface area (TPSA) is 24.5 Å². The molecule has 0 radical (unpaired) electrons. The Labute approximate surface area is 122 Å². The van der Waals surface area contributed by atoms with Gasteiger partial charge in [-0.1, -0.05) is 13.0 Å². The van der Waals surface area contributed by atoms with E-state index in [0.717, 1.165) is 12.3 Å². The summed E-state index contributed by atoms with van der Waals surface area (Å²) in [6, 6.07) is 7.74. The second-order valence-electron chi connectivity index (χ2n) is 5.95. The summed E-state index contributed by atoms with van der Waals surface area (Å²) in [5.74, 6) is 0.985. The fourth-order valence-corrected chi connectivity index (χ4v) is 3.84. The normalized spacial score (nSPS) is 26.5. The fourth-order valence-electron chi connectivity index (χ4n) is 3.84. The van der Waals surface area contributed by atoms with Crippen molar-refractivity contribution in [2.24, 2.45) is 0 Å². The second kappa shape index (κ2) is 6.15. The monoisotopic (exact) mass is 274 g/mol. The van der Waals surface area contributed by atoms with Crippen LogP contribution in [0.3, 0.4) is 0 Å². The Bertz CT molecular complexity index is 454. The molecule has 1 aromatic carbocycles. The average Bonchev–Trinajstić information content (AvgIpc) is 3.01. The third kappa shape index (κ3) is 2.57. The van der Waals surface area contributed by atoms with E-state index in [1.165, 1.54) is 49.9 Å². The number of benzene rings is 1. The maximum Gasteiger partial charge on any atom is 0.119 e. The first kappa shape index (κ1) is 13.9. The van der Waals surface area contributed by atoms with Crippen molar-refractivity contribution in [3.05, 3.63) is 29.3 Å². The predicted octanol–water partition coefficient (Wildman–Crippen LogP) is 2.76. The van der Waals surface area contributed by atoms with Crippen LogP contribution in [0.15, 0.2) is 18.2 Å². The summed E-state index contributed by atoms with van der Waals surface area (Å²) in [5.41, 5.74) is 2.95. The van der Waals surface area contributed by atoms with E-state index in [4.69, 9.17) is 4.74 Å². The maximum atomic E-state index is 5.37. The molecule has 0 saturated carbocycles. The van der Waals surface area contributed by atoms with E-state index in [9.17, 15) is 0 Å². The number of hydrogen-bond acceptors (Lipinski definition) is 3. The van der Waals surface area contributed by atoms with E-state index in [1.54, 1.807) is 7.11 Å². The number of aryl methyl sites for hydroxylation is 1. The quantitative estimate of drug-likeness (QED) is 0.913. The summed E-state index contributed by atoms with van der Waals surface area (Å²) >= 11 is 0. The van der Waals surface area contributed by atoms with Gasteiger partial charge in [-0.25, -0.2) is 0 Å². The molecular weight excluding hydrogens is 248 g/mol. The van der Waals surface area contributed by atoms with Crippen LogP contribution in [0.1, 0.15) is 43.4 Å². The highest BCUT2D eigenvalue weighted by Gasteiger charge is 2.34. The lowest BCUT2D eigenvalue weighted by atomic mass is 9.83. The van der Waals surface area contributed by atoms with E-state index in [1.807, 2.05) is 0 Å². The van der Waals surface area contributed by atoms with Gasteiger partial charge in [0.2, 0.25) is 0 Å². The van der Waals surface area contributed by atoms with Gasteiger partial charge in [-0.3, -0.25) is 4.90 Å². The minimum Gasteiger partial charge on any atom is -0.497 e. The fraction of sp³-hybridized carbons (Fsp3) is 0.647. The highest BCUT2D eigenvalue weighted by molar-refractivity contribution is 5.40. The van der Waals surface area contributed by atoms with E-state index >= 15 is 0 Å². The van der Waals surface area contributed by atoms with Gasteiger partial charge in [0, 0.05) is 12.1 Å². The van der Waals surface area contributed by atoms with Crippen LogP contribution in [0.4, 0.5) is 0 Å². The Balaban J connectivity index is 1.88. The zero-order valence-electron chi connectivity index (χ0n) is 12.7. The molecule has 2 unspecified atom stereocenters. The first-order valence-electron chi connectivity index (χ1n) is 7.97. The lowest BCUT2D eigenvalue weighted by Crippen LogP contribution is -2.46. The molecule has 1 aliphatic carbocycles. The highest BCUT2D eigenvalue weighted by Crippen LogP contribution is 2.36. The first-order chi connectivity index (χ1) is 9.83. The summed E-state index contributed by atoms with van der Waals surface area (Å²) in [6.45, 7) is 5.79. The van der Waals surface area contributed by atoms with Crippen molar-refractivity contribution < 1.29 is 4.74 Å². The van der Waals surface area contributed by atoms with Crippen molar-refractivity contribution in [2.75, 3.05) is 26.7 Å². The van der Waals surface area contributed by atoms with E-state index in [2.05, 4.69) is 35.3 Å². The molecular formula is C17H26N2O. The molecule has 3 rings (SSSR count). The number of fused-ring (bicyclic) bond motifs is 1. The molecule has 1 aliphatic heterocycles. The molecule has 0 aromatic heterocycles. The minimum absolute atomic E-state index is 0.479. The summed E-state index contributed by atoms with van der Waals surface area (Å²) < 4.78 is 5.37. The van der Waals surface area contributed by atoms with Crippen LogP contribution in [-0.4, -0.2) is 37.7 Å². The van der Waals surface area contributed by atoms with Gasteiger partial charge in [0.05, 0.1) is 7.11 Å². The van der Waals surface area contributed by atoms with Gasteiger partial charge in [-0.15, -0.1) is 0 Å². The van der Waals surface area contributed by atoms with Crippen LogP contribution < -0.4 is 10.1 Å². The SMILES string of the molecule is CCNC1c2ccc(OC)cc2CCC1N1CCCC1. The zero-order valence-corrected chi connectivity index (χ0v) is 12.7. The van der Waals surface area contributed by atoms with Gasteiger partial charge in [0.1, 0.15) is 5.75 Å². The van der Waals surface area contributed by atoms with E-state index in [-0.39, 0.29) is 0 Å². The zero-order chi connectivity index (χ0) is 13.9. The molecule has 2 atom stereocenters. The molecule has 1 fully saturated rings. The molecule has 0 bridgehead atoms. The molecule has 3 nitrogen and oxygen atoms in total. The Kier molecular flexibility index (Phi) is 4.27. The van der Waals surface area contributed by atoms with Crippen molar-refractivity contribution in [3.63, 3.8) is 0 Å². The van der Waals surface area contributed by atoms with Crippen molar-refractivity contribution >= 4 is 0 Å². The molecule has 0 spiro atoms. The molecule has 1 N–H and O–H groups in total. The summed E-state index contributed by atoms with van der Waals surface area (Å²) in [7, 11) is 1.75. The van der Waals surface area contributed by atoms with Crippen LogP contribution in [0, 0.1) is 0 Å². The van der Waals surface area contributed by atoms with Gasteiger partial charge < -0.3 is 10.1 Å². The summed E-state index contributed by atoms with van der Waals surface area (Å²) in [5, 5.41) is 3.72. The number of rotatable bonds is 4. The minimum atomic E-state index is 0.479. The summed E-state index contributed by atoms with van der Waals surface area (Å²) in [4.78, 5) is 2.69. The average molecular weight is 274 g/mol. The first-order valence-corrected chi connectivity index (χ1v) is 7.97. The standard InChI is InChI=1S/C17H26N2O/c1-3-18-17-15-8-7-14(20-2)12-13(15)6-9-16(17)19-10-4-5-11-19/h7-8,12,16-18H,3-6,9-11H2,1-2H3. The lowest BCUT2D eigenvalue weighted by Gasteiger charge is -2.39. The predicted molar refractivity (Wildman–Crippen MR) is 82.3 cm³/mol. The van der Waals surface area contributed by atoms with E-state index < -0.39 is 0 Å². The van der Waals surface area contributed by atoms with Crippen LogP contribution in [0.5, 0.6) is 5.75 Å². The molecule has 20 heavy (non-hydrogen) atoms. The van der Waals surface area contributed by atoms with Crippen LogP contribution in [0.2, 0.25) is 0 Å². The number of ether oxygens (including phenoxy) is 1. The molecule has 0 amide bonds. The number of nitrogens with one attached hydrogen (secondary N) is 1. The largest absolute Gasteiger partial charge is 0.497 e. The van der Waals surface area contributed by atoms with Gasteiger partial charge in [-0.05, 0) is 68.6 Å². The third-order valence-corrected chi connectivity index (χ3v) is 4.81. The Morgan fingerprint density at radius 1 is 1.30 bits per heavy atom. The van der Waals surface area contributed by atoms with Gasteiger partial charge in [-0.2, -0.15) is 0 Å². The van der Waals surface area contributed by atoms with Crippen molar-refractivity contribution in [3.8, 4) is 5.75 Å². The van der Waals surface area contributed by atoms with E-state index in [0.29, 0.717) is 12.1 Å². The molecule has 1 heterocycles. The van der Waals surface area contributed by atoms with Gasteiger partial charge in [0.15, 0.2) is 0 Å². The van der Waals surface area contributed by atoms with Crippen molar-refractivity contribution in [1.82, 2.24) is 10.2 Å². The number of likely N-dealkylation sites (N-methyl/N-ethyl adjacent to an activating group) is 1. The summed E-state index contributed by atoms with van der Waals surface area (Å²) in [6.07, 6.45) is 5.17. The van der Waals surface area contributed by atoms with Crippen molar-refractivity contribution in [1.29, 1.82) is 0 Å². The van der Waals surface area contributed by atoms with Crippen molar-refractivity contribution in [2.45, 2.75) is 44.7 Å². The number of methoxy groups -OCH3 is 1. The van der Waals surface area contributed by atoms with Crippen LogP contribution in [-0.2, 0) is 6.42 Å². The highest BCUT2D eigenvalue weighted by atomic mass is 16.5. The number of hydrogen-bond donors (Lipinski definition) is 1. The maximum absolute atomic E-state index is 5.37. The Morgan fingerprint density at radius 2 is 2.10 bits per heavy atom. The molecule has 3 heteroatoms. The van der Waals surface area contributed by atoms with Crippen LogP contribution in [0.25, 0.3) is 0 Å². The van der Waals surface area contributed by atoms with Gasteiger partial charge in [0.25, 0.3) is 0 Å².